The molecule has 0 amide bonds. The van der Waals surface area contributed by atoms with E-state index in [2.05, 4.69) is 15.2 Å². The summed E-state index contributed by atoms with van der Waals surface area (Å²) in [6.45, 7) is 5.52. The molecule has 2 N–H and O–H groups in total. The van der Waals surface area contributed by atoms with E-state index in [1.807, 2.05) is 13.0 Å². The number of rotatable bonds is 3. The highest BCUT2D eigenvalue weighted by molar-refractivity contribution is 6.10. The van der Waals surface area contributed by atoms with Crippen LogP contribution in [0.2, 0.25) is 0 Å². The van der Waals surface area contributed by atoms with Crippen LogP contribution in [0.5, 0.6) is 5.75 Å². The minimum Gasteiger partial charge on any atom is -0.506 e. The molecule has 0 aliphatic carbocycles. The number of Topliss-reactive ketones (excluding diaryl/α,β-unsaturated/α-hetero) is 1. The average Bonchev–Trinajstić information content (AvgIpc) is 2.55. The van der Waals surface area contributed by atoms with E-state index in [1.165, 1.54) is 0 Å². The first-order chi connectivity index (χ1) is 10.2. The lowest BCUT2D eigenvalue weighted by atomic mass is 9.99. The molecule has 0 radical (unpaired) electrons. The third-order valence-electron chi connectivity index (χ3n) is 4.09. The maximum absolute atomic E-state index is 12.8. The zero-order valence-corrected chi connectivity index (χ0v) is 12.0. The number of carbonyl (C=O) groups is 1. The number of aromatic hydroxyl groups is 1. The first kappa shape index (κ1) is 14.0. The number of aromatic nitrogens is 1. The fourth-order valence-corrected chi connectivity index (χ4v) is 2.83. The Labute approximate surface area is 123 Å². The van der Waals surface area contributed by atoms with Crippen molar-refractivity contribution in [2.75, 3.05) is 26.2 Å². The highest BCUT2D eigenvalue weighted by Gasteiger charge is 2.25. The van der Waals surface area contributed by atoms with Gasteiger partial charge in [-0.3, -0.25) is 14.7 Å². The maximum Gasteiger partial charge on any atom is 0.180 e. The third kappa shape index (κ3) is 2.62. The van der Waals surface area contributed by atoms with Gasteiger partial charge in [-0.2, -0.15) is 0 Å². The Bertz CT molecular complexity index is 666. The molecule has 5 heteroatoms. The summed E-state index contributed by atoms with van der Waals surface area (Å²) in [6, 6.07) is 6.70. The van der Waals surface area contributed by atoms with Gasteiger partial charge in [-0.25, -0.2) is 0 Å². The number of hydrogen-bond acceptors (Lipinski definition) is 5. The molecular formula is C16H19N3O2. The van der Waals surface area contributed by atoms with E-state index < -0.39 is 0 Å². The molecule has 1 atom stereocenters. The molecule has 0 bridgehead atoms. The summed E-state index contributed by atoms with van der Waals surface area (Å²) in [5, 5.41) is 13.9. The van der Waals surface area contributed by atoms with Crippen molar-refractivity contribution in [3.8, 4) is 5.75 Å². The van der Waals surface area contributed by atoms with Gasteiger partial charge in [0.15, 0.2) is 5.78 Å². The quantitative estimate of drug-likeness (QED) is 0.835. The number of benzene rings is 1. The smallest absolute Gasteiger partial charge is 0.180 e. The number of hydrogen-bond donors (Lipinski definition) is 2. The van der Waals surface area contributed by atoms with Gasteiger partial charge >= 0.3 is 0 Å². The lowest BCUT2D eigenvalue weighted by Crippen LogP contribution is -2.50. The molecule has 0 spiro atoms. The molecule has 1 aliphatic heterocycles. The number of nitrogens with one attached hydrogen (secondary N) is 1. The van der Waals surface area contributed by atoms with Crippen molar-refractivity contribution in [1.82, 2.24) is 15.2 Å². The van der Waals surface area contributed by atoms with Crippen LogP contribution in [0.4, 0.5) is 0 Å². The van der Waals surface area contributed by atoms with E-state index in [0.29, 0.717) is 16.5 Å². The molecule has 2 aromatic rings. The van der Waals surface area contributed by atoms with E-state index in [0.717, 1.165) is 26.2 Å². The Kier molecular flexibility index (Phi) is 3.86. The predicted molar refractivity (Wildman–Crippen MR) is 81.6 cm³/mol. The minimum absolute atomic E-state index is 0.0786. The summed E-state index contributed by atoms with van der Waals surface area (Å²) in [5.41, 5.74) is 1.11. The van der Waals surface area contributed by atoms with E-state index in [1.54, 1.807) is 24.4 Å². The third-order valence-corrected chi connectivity index (χ3v) is 4.09. The Morgan fingerprint density at radius 2 is 2.10 bits per heavy atom. The standard InChI is InChI=1S/C16H19N3O2/c1-11(19-9-7-17-8-10-19)16(21)13-4-5-14(20)15-12(13)3-2-6-18-15/h2-6,11,17,20H,7-10H2,1H3. The SMILES string of the molecule is CC(C(=O)c1ccc(O)c2ncccc12)N1CCNCC1. The normalized spacial score (nSPS) is 17.8. The van der Waals surface area contributed by atoms with Crippen LogP contribution in [0.15, 0.2) is 30.5 Å². The molecule has 1 aromatic heterocycles. The molecule has 21 heavy (non-hydrogen) atoms. The van der Waals surface area contributed by atoms with Gasteiger partial charge in [0.25, 0.3) is 0 Å². The highest BCUT2D eigenvalue weighted by Crippen LogP contribution is 2.26. The average molecular weight is 285 g/mol. The highest BCUT2D eigenvalue weighted by atomic mass is 16.3. The van der Waals surface area contributed by atoms with E-state index in [9.17, 15) is 9.90 Å². The van der Waals surface area contributed by atoms with Gasteiger partial charge in [0, 0.05) is 43.3 Å². The second-order valence-electron chi connectivity index (χ2n) is 5.36. The molecule has 3 rings (SSSR count). The lowest BCUT2D eigenvalue weighted by Gasteiger charge is -2.32. The van der Waals surface area contributed by atoms with Crippen LogP contribution < -0.4 is 5.32 Å². The largest absolute Gasteiger partial charge is 0.506 e. The summed E-state index contributed by atoms with van der Waals surface area (Å²) < 4.78 is 0. The zero-order valence-electron chi connectivity index (χ0n) is 12.0. The summed E-state index contributed by atoms with van der Waals surface area (Å²) in [5.74, 6) is 0.187. The maximum atomic E-state index is 12.8. The Morgan fingerprint density at radius 1 is 1.33 bits per heavy atom. The molecule has 5 nitrogen and oxygen atoms in total. The van der Waals surface area contributed by atoms with Gasteiger partial charge in [0.1, 0.15) is 11.3 Å². The molecular weight excluding hydrogens is 266 g/mol. The van der Waals surface area contributed by atoms with Crippen molar-refractivity contribution in [2.45, 2.75) is 13.0 Å². The van der Waals surface area contributed by atoms with Gasteiger partial charge < -0.3 is 10.4 Å². The van der Waals surface area contributed by atoms with Crippen LogP contribution in [-0.4, -0.2) is 53.0 Å². The van der Waals surface area contributed by atoms with Crippen molar-refractivity contribution >= 4 is 16.7 Å². The van der Waals surface area contributed by atoms with Gasteiger partial charge in [0.2, 0.25) is 0 Å². The summed E-state index contributed by atoms with van der Waals surface area (Å²) >= 11 is 0. The first-order valence-corrected chi connectivity index (χ1v) is 7.24. The summed E-state index contributed by atoms with van der Waals surface area (Å²) in [4.78, 5) is 19.2. The zero-order chi connectivity index (χ0) is 14.8. The van der Waals surface area contributed by atoms with Crippen LogP contribution in [0.3, 0.4) is 0 Å². The van der Waals surface area contributed by atoms with Gasteiger partial charge in [-0.15, -0.1) is 0 Å². The van der Waals surface area contributed by atoms with E-state index in [4.69, 9.17) is 0 Å². The van der Waals surface area contributed by atoms with Crippen molar-refractivity contribution in [2.24, 2.45) is 0 Å². The number of fused-ring (bicyclic) bond motifs is 1. The second kappa shape index (κ2) is 5.79. The topological polar surface area (TPSA) is 65.5 Å². The van der Waals surface area contributed by atoms with E-state index >= 15 is 0 Å². The second-order valence-corrected chi connectivity index (χ2v) is 5.36. The molecule has 1 aliphatic rings. The van der Waals surface area contributed by atoms with Gasteiger partial charge in [0.05, 0.1) is 6.04 Å². The van der Waals surface area contributed by atoms with E-state index in [-0.39, 0.29) is 17.6 Å². The molecule has 110 valence electrons. The number of carbonyl (C=O) groups excluding carboxylic acids is 1. The monoisotopic (exact) mass is 285 g/mol. The van der Waals surface area contributed by atoms with Crippen molar-refractivity contribution in [1.29, 1.82) is 0 Å². The Hall–Kier alpha value is -1.98. The molecule has 1 fully saturated rings. The van der Waals surface area contributed by atoms with Gasteiger partial charge in [-0.05, 0) is 25.1 Å². The Balaban J connectivity index is 1.96. The molecule has 2 heterocycles. The van der Waals surface area contributed by atoms with Gasteiger partial charge in [-0.1, -0.05) is 6.07 Å². The number of pyridine rings is 1. The number of ketones is 1. The molecule has 0 saturated carbocycles. The summed E-state index contributed by atoms with van der Waals surface area (Å²) in [6.07, 6.45) is 1.62. The predicted octanol–water partition coefficient (Wildman–Crippen LogP) is 1.42. The van der Waals surface area contributed by atoms with Crippen LogP contribution in [-0.2, 0) is 0 Å². The number of phenolic OH excluding ortho intramolecular Hbond substituents is 1. The van der Waals surface area contributed by atoms with Crippen LogP contribution >= 0.6 is 0 Å². The molecule has 1 aromatic carbocycles. The Morgan fingerprint density at radius 3 is 2.86 bits per heavy atom. The number of phenols is 1. The van der Waals surface area contributed by atoms with Crippen LogP contribution in [0.1, 0.15) is 17.3 Å². The fourth-order valence-electron chi connectivity index (χ4n) is 2.83. The fraction of sp³-hybridized carbons (Fsp3) is 0.375. The number of nitrogens with zero attached hydrogens (tertiary/aromatic N) is 2. The molecule has 1 saturated heterocycles. The summed E-state index contributed by atoms with van der Waals surface area (Å²) in [7, 11) is 0. The van der Waals surface area contributed by atoms with Crippen molar-refractivity contribution < 1.29 is 9.90 Å². The lowest BCUT2D eigenvalue weighted by molar-refractivity contribution is 0.0822. The minimum atomic E-state index is -0.167. The van der Waals surface area contributed by atoms with Crippen LogP contribution in [0.25, 0.3) is 10.9 Å². The van der Waals surface area contributed by atoms with Crippen molar-refractivity contribution in [3.05, 3.63) is 36.0 Å². The first-order valence-electron chi connectivity index (χ1n) is 7.24. The number of piperazine rings is 1. The van der Waals surface area contributed by atoms with Crippen molar-refractivity contribution in [3.63, 3.8) is 0 Å². The molecule has 1 unspecified atom stereocenters. The van der Waals surface area contributed by atoms with Crippen LogP contribution in [0, 0.1) is 0 Å².